The molecular formula is C16H26N4O3. The number of primary amides is 1. The van der Waals surface area contributed by atoms with Crippen LogP contribution in [0, 0.1) is 5.92 Å². The van der Waals surface area contributed by atoms with Crippen LogP contribution in [0.15, 0.2) is 12.7 Å². The minimum atomic E-state index is -0.556. The summed E-state index contributed by atoms with van der Waals surface area (Å²) in [5.74, 6) is 0.0297. The topological polar surface area (TPSA) is 95.7 Å². The molecule has 0 aromatic heterocycles. The fourth-order valence-electron chi connectivity index (χ4n) is 3.43. The van der Waals surface area contributed by atoms with Crippen molar-refractivity contribution >= 4 is 17.8 Å². The molecular weight excluding hydrogens is 296 g/mol. The average molecular weight is 322 g/mol. The summed E-state index contributed by atoms with van der Waals surface area (Å²) in [6.07, 6.45) is 5.63. The lowest BCUT2D eigenvalue weighted by molar-refractivity contribution is -0.142. The predicted octanol–water partition coefficient (Wildman–Crippen LogP) is 0.460. The van der Waals surface area contributed by atoms with Gasteiger partial charge in [-0.25, -0.2) is 4.79 Å². The second-order valence-corrected chi connectivity index (χ2v) is 6.23. The maximum absolute atomic E-state index is 12.8. The van der Waals surface area contributed by atoms with Gasteiger partial charge in [-0.3, -0.25) is 9.59 Å². The third kappa shape index (κ3) is 4.46. The molecule has 2 saturated heterocycles. The molecule has 0 aromatic carbocycles. The maximum Gasteiger partial charge on any atom is 0.312 e. The van der Waals surface area contributed by atoms with Crippen molar-refractivity contribution in [1.29, 1.82) is 0 Å². The summed E-state index contributed by atoms with van der Waals surface area (Å²) in [6, 6.07) is -0.532. The number of nitrogens with zero attached hydrogens (tertiary/aromatic N) is 2. The molecule has 23 heavy (non-hydrogen) atoms. The number of hydrogen-bond acceptors (Lipinski definition) is 3. The largest absolute Gasteiger partial charge is 0.352 e. The molecule has 7 nitrogen and oxygen atoms in total. The van der Waals surface area contributed by atoms with Crippen molar-refractivity contribution in [2.75, 3.05) is 26.2 Å². The lowest BCUT2D eigenvalue weighted by atomic mass is 9.92. The fourth-order valence-corrected chi connectivity index (χ4v) is 3.43. The zero-order valence-corrected chi connectivity index (χ0v) is 13.5. The monoisotopic (exact) mass is 322 g/mol. The maximum atomic E-state index is 12.8. The summed E-state index contributed by atoms with van der Waals surface area (Å²) < 4.78 is 0. The van der Waals surface area contributed by atoms with Gasteiger partial charge in [0.2, 0.25) is 11.8 Å². The number of rotatable bonds is 4. The van der Waals surface area contributed by atoms with Gasteiger partial charge in [-0.2, -0.15) is 0 Å². The van der Waals surface area contributed by atoms with Crippen molar-refractivity contribution in [2.24, 2.45) is 11.7 Å². The number of urea groups is 1. The van der Waals surface area contributed by atoms with Crippen LogP contribution in [0.1, 0.15) is 32.1 Å². The first-order valence-electron chi connectivity index (χ1n) is 8.28. The summed E-state index contributed by atoms with van der Waals surface area (Å²) in [5.41, 5.74) is 5.13. The van der Waals surface area contributed by atoms with Crippen LogP contribution in [0.2, 0.25) is 0 Å². The lowest BCUT2D eigenvalue weighted by Gasteiger charge is -2.40. The molecule has 4 amide bonds. The Kier molecular flexibility index (Phi) is 6.01. The molecule has 0 spiro atoms. The van der Waals surface area contributed by atoms with Gasteiger partial charge in [0.05, 0.1) is 0 Å². The normalized spacial score (nSPS) is 22.5. The Morgan fingerprint density at radius 3 is 2.43 bits per heavy atom. The van der Waals surface area contributed by atoms with Gasteiger partial charge in [0.1, 0.15) is 0 Å². The van der Waals surface area contributed by atoms with Gasteiger partial charge in [-0.05, 0) is 38.2 Å². The predicted molar refractivity (Wildman–Crippen MR) is 86.4 cm³/mol. The van der Waals surface area contributed by atoms with E-state index >= 15 is 0 Å². The molecule has 2 fully saturated rings. The van der Waals surface area contributed by atoms with E-state index in [1.165, 1.54) is 6.08 Å². The first-order chi connectivity index (χ1) is 11.0. The quantitative estimate of drug-likeness (QED) is 0.736. The molecule has 1 unspecified atom stereocenters. The molecule has 128 valence electrons. The molecule has 2 aliphatic rings. The molecule has 1 atom stereocenters. The van der Waals surface area contributed by atoms with Gasteiger partial charge < -0.3 is 20.9 Å². The minimum absolute atomic E-state index is 0.0246. The van der Waals surface area contributed by atoms with E-state index in [-0.39, 0.29) is 23.8 Å². The summed E-state index contributed by atoms with van der Waals surface area (Å²) in [6.45, 7) is 5.83. The van der Waals surface area contributed by atoms with Crippen LogP contribution in [0.4, 0.5) is 4.79 Å². The van der Waals surface area contributed by atoms with Crippen molar-refractivity contribution in [3.63, 3.8) is 0 Å². The molecule has 0 bridgehead atoms. The molecule has 7 heteroatoms. The van der Waals surface area contributed by atoms with Crippen LogP contribution in [0.5, 0.6) is 0 Å². The van der Waals surface area contributed by atoms with Crippen molar-refractivity contribution < 1.29 is 14.4 Å². The summed E-state index contributed by atoms with van der Waals surface area (Å²) >= 11 is 0. The van der Waals surface area contributed by atoms with Crippen LogP contribution < -0.4 is 11.1 Å². The van der Waals surface area contributed by atoms with Crippen LogP contribution >= 0.6 is 0 Å². The highest BCUT2D eigenvalue weighted by atomic mass is 16.2. The summed E-state index contributed by atoms with van der Waals surface area (Å²) in [5, 5.41) is 2.61. The Hall–Kier alpha value is -2.05. The number of nitrogens with two attached hydrogens (primary N) is 1. The number of amides is 4. The smallest absolute Gasteiger partial charge is 0.312 e. The zero-order valence-electron chi connectivity index (χ0n) is 13.5. The molecule has 2 heterocycles. The Balaban J connectivity index is 1.91. The molecule has 0 aliphatic carbocycles. The van der Waals surface area contributed by atoms with Gasteiger partial charge in [0, 0.05) is 38.1 Å². The van der Waals surface area contributed by atoms with E-state index in [2.05, 4.69) is 11.9 Å². The standard InChI is InChI=1S/C16H26N4O3/c1-2-14(21)19-9-6-12(7-10-19)15(22)20-8-4-3-5-13(20)11-18-16(17)23/h2,12-13H,1,3-11H2,(H3,17,18,23). The second-order valence-electron chi connectivity index (χ2n) is 6.23. The number of likely N-dealkylation sites (tertiary alicyclic amines) is 2. The lowest BCUT2D eigenvalue weighted by Crippen LogP contribution is -2.53. The van der Waals surface area contributed by atoms with Gasteiger partial charge in [-0.1, -0.05) is 6.58 Å². The van der Waals surface area contributed by atoms with E-state index in [0.717, 1.165) is 25.8 Å². The van der Waals surface area contributed by atoms with Crippen LogP contribution in [-0.2, 0) is 9.59 Å². The van der Waals surface area contributed by atoms with Gasteiger partial charge in [0.25, 0.3) is 0 Å². The number of hydrogen-bond donors (Lipinski definition) is 2. The van der Waals surface area contributed by atoms with Crippen molar-refractivity contribution in [2.45, 2.75) is 38.1 Å². The highest BCUT2D eigenvalue weighted by Crippen LogP contribution is 2.24. The number of carbonyl (C=O) groups excluding carboxylic acids is 3. The van der Waals surface area contributed by atoms with Crippen molar-refractivity contribution in [3.05, 3.63) is 12.7 Å². The van der Waals surface area contributed by atoms with E-state index in [9.17, 15) is 14.4 Å². The first kappa shape index (κ1) is 17.3. The minimum Gasteiger partial charge on any atom is -0.352 e. The van der Waals surface area contributed by atoms with E-state index in [1.807, 2.05) is 4.90 Å². The van der Waals surface area contributed by atoms with E-state index in [0.29, 0.717) is 32.5 Å². The molecule has 3 N–H and O–H groups in total. The van der Waals surface area contributed by atoms with Gasteiger partial charge in [0.15, 0.2) is 0 Å². The van der Waals surface area contributed by atoms with Crippen molar-refractivity contribution in [3.8, 4) is 0 Å². The average Bonchev–Trinajstić information content (AvgIpc) is 2.59. The second kappa shape index (κ2) is 7.99. The third-order valence-electron chi connectivity index (χ3n) is 4.75. The SMILES string of the molecule is C=CC(=O)N1CCC(C(=O)N2CCCCC2CNC(N)=O)CC1. The zero-order chi connectivity index (χ0) is 16.8. The first-order valence-corrected chi connectivity index (χ1v) is 8.28. The molecule has 2 rings (SSSR count). The van der Waals surface area contributed by atoms with Gasteiger partial charge >= 0.3 is 6.03 Å². The van der Waals surface area contributed by atoms with E-state index in [1.54, 1.807) is 4.90 Å². The number of piperidine rings is 2. The number of carbonyl (C=O) groups is 3. The van der Waals surface area contributed by atoms with E-state index < -0.39 is 6.03 Å². The summed E-state index contributed by atoms with van der Waals surface area (Å²) in [4.78, 5) is 39.0. The highest BCUT2D eigenvalue weighted by molar-refractivity contribution is 5.87. The van der Waals surface area contributed by atoms with Gasteiger partial charge in [-0.15, -0.1) is 0 Å². The molecule has 0 radical (unpaired) electrons. The molecule has 0 aromatic rings. The fraction of sp³-hybridized carbons (Fsp3) is 0.688. The molecule has 2 aliphatic heterocycles. The Labute approximate surface area is 136 Å². The van der Waals surface area contributed by atoms with E-state index in [4.69, 9.17) is 5.73 Å². The summed E-state index contributed by atoms with van der Waals surface area (Å²) in [7, 11) is 0. The van der Waals surface area contributed by atoms with Crippen LogP contribution in [-0.4, -0.2) is 59.9 Å². The van der Waals surface area contributed by atoms with Crippen LogP contribution in [0.3, 0.4) is 0 Å². The van der Waals surface area contributed by atoms with Crippen molar-refractivity contribution in [1.82, 2.24) is 15.1 Å². The number of nitrogens with one attached hydrogen (secondary N) is 1. The molecule has 0 saturated carbocycles. The Morgan fingerprint density at radius 1 is 1.13 bits per heavy atom. The highest BCUT2D eigenvalue weighted by Gasteiger charge is 2.34. The third-order valence-corrected chi connectivity index (χ3v) is 4.75. The Morgan fingerprint density at radius 2 is 1.83 bits per heavy atom. The Bertz CT molecular complexity index is 472. The van der Waals surface area contributed by atoms with Crippen LogP contribution in [0.25, 0.3) is 0 Å².